The van der Waals surface area contributed by atoms with E-state index >= 15 is 0 Å². The zero-order valence-corrected chi connectivity index (χ0v) is 15.2. The van der Waals surface area contributed by atoms with Gasteiger partial charge in [-0.05, 0) is 29.7 Å². The lowest BCUT2D eigenvalue weighted by Crippen LogP contribution is -2.32. The van der Waals surface area contributed by atoms with Gasteiger partial charge in [0.1, 0.15) is 19.0 Å². The molecule has 1 aliphatic heterocycles. The second-order valence-corrected chi connectivity index (χ2v) is 6.37. The lowest BCUT2D eigenvalue weighted by molar-refractivity contribution is -0.121. The van der Waals surface area contributed by atoms with Gasteiger partial charge in [-0.3, -0.25) is 4.79 Å². The maximum atomic E-state index is 11.9. The third kappa shape index (κ3) is 6.02. The Kier molecular flexibility index (Phi) is 6.68. The van der Waals surface area contributed by atoms with Gasteiger partial charge in [-0.25, -0.2) is 4.79 Å². The summed E-state index contributed by atoms with van der Waals surface area (Å²) in [6, 6.07) is 17.9. The van der Waals surface area contributed by atoms with Crippen molar-refractivity contribution in [2.45, 2.75) is 19.4 Å². The zero-order valence-electron chi connectivity index (χ0n) is 15.2. The van der Waals surface area contributed by atoms with E-state index in [4.69, 9.17) is 9.47 Å². The Morgan fingerprint density at radius 3 is 2.56 bits per heavy atom. The monoisotopic (exact) mass is 368 g/mol. The molecule has 142 valence electrons. The van der Waals surface area contributed by atoms with Crippen molar-refractivity contribution in [2.75, 3.05) is 26.2 Å². The van der Waals surface area contributed by atoms with Gasteiger partial charge in [0.25, 0.3) is 0 Å². The highest BCUT2D eigenvalue weighted by Gasteiger charge is 2.21. The molecule has 2 amide bonds. The van der Waals surface area contributed by atoms with Crippen LogP contribution in [0.25, 0.3) is 0 Å². The summed E-state index contributed by atoms with van der Waals surface area (Å²) >= 11 is 0. The maximum absolute atomic E-state index is 11.9. The van der Waals surface area contributed by atoms with Crippen molar-refractivity contribution in [1.29, 1.82) is 0 Å². The van der Waals surface area contributed by atoms with E-state index in [1.807, 2.05) is 54.6 Å². The summed E-state index contributed by atoms with van der Waals surface area (Å²) in [5.74, 6) is 0.765. The van der Waals surface area contributed by atoms with Gasteiger partial charge in [0.2, 0.25) is 5.91 Å². The average Bonchev–Trinajstić information content (AvgIpc) is 3.11. The fraction of sp³-hybridized carbons (Fsp3) is 0.333. The van der Waals surface area contributed by atoms with Crippen LogP contribution < -0.4 is 10.1 Å². The lowest BCUT2D eigenvalue weighted by atomic mass is 10.1. The number of hydrogen-bond donors (Lipinski definition) is 1. The van der Waals surface area contributed by atoms with E-state index in [1.54, 1.807) is 4.90 Å². The first-order chi connectivity index (χ1) is 13.2. The Bertz CT molecular complexity index is 747. The van der Waals surface area contributed by atoms with Crippen molar-refractivity contribution in [3.05, 3.63) is 65.7 Å². The Balaban J connectivity index is 1.33. The third-order valence-electron chi connectivity index (χ3n) is 4.36. The number of carbonyl (C=O) groups is 2. The molecule has 1 saturated heterocycles. The van der Waals surface area contributed by atoms with Crippen LogP contribution in [-0.4, -0.2) is 43.1 Å². The van der Waals surface area contributed by atoms with Gasteiger partial charge < -0.3 is 19.7 Å². The largest absolute Gasteiger partial charge is 0.489 e. The number of ether oxygens (including phenoxy) is 2. The lowest BCUT2D eigenvalue weighted by Gasteiger charge is -2.12. The maximum Gasteiger partial charge on any atom is 0.409 e. The number of nitrogens with zero attached hydrogens (tertiary/aromatic N) is 1. The number of cyclic esters (lactones) is 1. The van der Waals surface area contributed by atoms with Crippen molar-refractivity contribution in [1.82, 2.24) is 10.2 Å². The van der Waals surface area contributed by atoms with Gasteiger partial charge >= 0.3 is 6.09 Å². The number of hydrogen-bond acceptors (Lipinski definition) is 4. The highest BCUT2D eigenvalue weighted by molar-refractivity contribution is 5.77. The molecule has 2 aromatic carbocycles. The number of nitrogens with one attached hydrogen (secondary N) is 1. The summed E-state index contributed by atoms with van der Waals surface area (Å²) < 4.78 is 10.6. The molecule has 0 unspecified atom stereocenters. The predicted molar refractivity (Wildman–Crippen MR) is 101 cm³/mol. The van der Waals surface area contributed by atoms with E-state index < -0.39 is 0 Å². The van der Waals surface area contributed by atoms with Crippen LogP contribution in [0.1, 0.15) is 17.5 Å². The molecule has 27 heavy (non-hydrogen) atoms. The SMILES string of the molecule is O=C(CCN1CCOC1=O)NCCc1ccc(OCc2ccccc2)cc1. The molecular weight excluding hydrogens is 344 g/mol. The highest BCUT2D eigenvalue weighted by Crippen LogP contribution is 2.14. The van der Waals surface area contributed by atoms with Crippen LogP contribution in [-0.2, 0) is 22.6 Å². The molecule has 0 saturated carbocycles. The average molecular weight is 368 g/mol. The summed E-state index contributed by atoms with van der Waals surface area (Å²) in [4.78, 5) is 24.7. The minimum atomic E-state index is -0.336. The van der Waals surface area contributed by atoms with Gasteiger partial charge in [0.05, 0.1) is 6.54 Å². The van der Waals surface area contributed by atoms with E-state index in [1.165, 1.54) is 0 Å². The molecular formula is C21H24N2O4. The fourth-order valence-electron chi connectivity index (χ4n) is 2.79. The minimum Gasteiger partial charge on any atom is -0.489 e. The quantitative estimate of drug-likeness (QED) is 0.739. The molecule has 0 atom stereocenters. The van der Waals surface area contributed by atoms with Crippen molar-refractivity contribution < 1.29 is 19.1 Å². The van der Waals surface area contributed by atoms with E-state index in [0.717, 1.165) is 23.3 Å². The van der Waals surface area contributed by atoms with E-state index in [-0.39, 0.29) is 12.0 Å². The molecule has 6 heteroatoms. The van der Waals surface area contributed by atoms with Crippen LogP contribution >= 0.6 is 0 Å². The van der Waals surface area contributed by atoms with Crippen LogP contribution in [0.15, 0.2) is 54.6 Å². The number of amides is 2. The molecule has 0 spiro atoms. The normalized spacial score (nSPS) is 13.3. The smallest absolute Gasteiger partial charge is 0.409 e. The first-order valence-electron chi connectivity index (χ1n) is 9.15. The topological polar surface area (TPSA) is 67.9 Å². The molecule has 1 heterocycles. The van der Waals surface area contributed by atoms with Crippen molar-refractivity contribution in [2.24, 2.45) is 0 Å². The molecule has 0 bridgehead atoms. The van der Waals surface area contributed by atoms with Crippen molar-refractivity contribution >= 4 is 12.0 Å². The Labute approximate surface area is 159 Å². The number of rotatable bonds is 9. The third-order valence-corrected chi connectivity index (χ3v) is 4.36. The van der Waals surface area contributed by atoms with Crippen LogP contribution in [0.3, 0.4) is 0 Å². The standard InChI is InChI=1S/C21H24N2O4/c24-20(11-13-23-14-15-26-21(23)25)22-12-10-17-6-8-19(9-7-17)27-16-18-4-2-1-3-5-18/h1-9H,10-16H2,(H,22,24). The van der Waals surface area contributed by atoms with Gasteiger partial charge in [-0.15, -0.1) is 0 Å². The summed E-state index contributed by atoms with van der Waals surface area (Å²) in [6.07, 6.45) is 0.704. The molecule has 6 nitrogen and oxygen atoms in total. The molecule has 0 aromatic heterocycles. The van der Waals surface area contributed by atoms with Crippen molar-refractivity contribution in [3.8, 4) is 5.75 Å². The molecule has 1 N–H and O–H groups in total. The molecule has 0 aliphatic carbocycles. The van der Waals surface area contributed by atoms with Gasteiger partial charge in [0.15, 0.2) is 0 Å². The highest BCUT2D eigenvalue weighted by atomic mass is 16.6. The molecule has 1 fully saturated rings. The second-order valence-electron chi connectivity index (χ2n) is 6.37. The van der Waals surface area contributed by atoms with E-state index in [9.17, 15) is 9.59 Å². The second kappa shape index (κ2) is 9.62. The predicted octanol–water partition coefficient (Wildman–Crippen LogP) is 2.77. The summed E-state index contributed by atoms with van der Waals surface area (Å²) in [5, 5.41) is 2.88. The van der Waals surface area contributed by atoms with Gasteiger partial charge in [0, 0.05) is 19.5 Å². The van der Waals surface area contributed by atoms with Crippen LogP contribution in [0.5, 0.6) is 5.75 Å². The Morgan fingerprint density at radius 2 is 1.85 bits per heavy atom. The minimum absolute atomic E-state index is 0.0579. The summed E-state index contributed by atoms with van der Waals surface area (Å²) in [5.41, 5.74) is 2.26. The molecule has 2 aromatic rings. The van der Waals surface area contributed by atoms with Crippen LogP contribution in [0.4, 0.5) is 4.79 Å². The molecule has 0 radical (unpaired) electrons. The Hall–Kier alpha value is -3.02. The fourth-order valence-corrected chi connectivity index (χ4v) is 2.79. The van der Waals surface area contributed by atoms with Crippen LogP contribution in [0, 0.1) is 0 Å². The van der Waals surface area contributed by atoms with Gasteiger partial charge in [-0.2, -0.15) is 0 Å². The summed E-state index contributed by atoms with van der Waals surface area (Å²) in [7, 11) is 0. The number of benzene rings is 2. The van der Waals surface area contributed by atoms with Gasteiger partial charge in [-0.1, -0.05) is 42.5 Å². The Morgan fingerprint density at radius 1 is 1.07 bits per heavy atom. The van der Waals surface area contributed by atoms with Crippen LogP contribution in [0.2, 0.25) is 0 Å². The number of carbonyl (C=O) groups excluding carboxylic acids is 2. The molecule has 1 aliphatic rings. The van der Waals surface area contributed by atoms with E-state index in [0.29, 0.717) is 39.3 Å². The molecule has 3 rings (SSSR count). The first kappa shape index (κ1) is 18.8. The summed E-state index contributed by atoms with van der Waals surface area (Å²) in [6.45, 7) is 2.47. The zero-order chi connectivity index (χ0) is 18.9. The first-order valence-corrected chi connectivity index (χ1v) is 9.15. The van der Waals surface area contributed by atoms with E-state index in [2.05, 4.69) is 5.32 Å². The van der Waals surface area contributed by atoms with Crippen molar-refractivity contribution in [3.63, 3.8) is 0 Å².